The van der Waals surface area contributed by atoms with Crippen molar-refractivity contribution in [1.82, 2.24) is 5.16 Å². The molecule has 2 aromatic rings. The summed E-state index contributed by atoms with van der Waals surface area (Å²) < 4.78 is 17.9. The highest BCUT2D eigenvalue weighted by Gasteiger charge is 2.42. The molecule has 7 heteroatoms. The minimum Gasteiger partial charge on any atom is -0.379 e. The van der Waals surface area contributed by atoms with Crippen molar-refractivity contribution in [1.29, 1.82) is 0 Å². The van der Waals surface area contributed by atoms with E-state index in [9.17, 15) is 9.18 Å². The number of oxime groups is 1. The summed E-state index contributed by atoms with van der Waals surface area (Å²) in [6, 6.07) is 7.51. The number of aromatic nitrogens is 1. The summed E-state index contributed by atoms with van der Waals surface area (Å²) in [5, 5.41) is 10.1. The van der Waals surface area contributed by atoms with Crippen LogP contribution in [0, 0.1) is 5.82 Å². The molecule has 1 aromatic carbocycles. The van der Waals surface area contributed by atoms with Crippen molar-refractivity contribution in [3.05, 3.63) is 48.0 Å². The van der Waals surface area contributed by atoms with Crippen LogP contribution in [0.15, 0.2) is 46.3 Å². The van der Waals surface area contributed by atoms with Crippen LogP contribution in [0.2, 0.25) is 0 Å². The zero-order valence-corrected chi connectivity index (χ0v) is 11.2. The van der Waals surface area contributed by atoms with Gasteiger partial charge in [-0.1, -0.05) is 22.4 Å². The summed E-state index contributed by atoms with van der Waals surface area (Å²) in [5.41, 5.74) is -0.0547. The van der Waals surface area contributed by atoms with E-state index in [4.69, 9.17) is 4.84 Å². The number of nitrogens with zero attached hydrogens (tertiary/aromatic N) is 2. The van der Waals surface area contributed by atoms with Gasteiger partial charge in [0, 0.05) is 18.1 Å². The zero-order valence-electron chi connectivity index (χ0n) is 11.2. The van der Waals surface area contributed by atoms with E-state index in [1.54, 1.807) is 19.1 Å². The largest absolute Gasteiger partial charge is 0.379 e. The van der Waals surface area contributed by atoms with E-state index in [0.717, 1.165) is 0 Å². The second kappa shape index (κ2) is 5.01. The van der Waals surface area contributed by atoms with Crippen LogP contribution in [0.5, 0.6) is 0 Å². The molecule has 1 aromatic heterocycles. The molecule has 1 amide bonds. The number of benzene rings is 1. The molecule has 0 bridgehead atoms. The minimum atomic E-state index is -1.17. The molecule has 108 valence electrons. The summed E-state index contributed by atoms with van der Waals surface area (Å²) in [6.45, 7) is 1.61. The topological polar surface area (TPSA) is 76.7 Å². The standard InChI is InChI=1S/C14H12FN3O3/c1-14(13(19)16-12-5-6-20-18-12)8-11(17-21-14)9-3-2-4-10(15)7-9/h2-7H,8H2,1H3,(H,16,18,19)/t14-/m0/s1. The Morgan fingerprint density at radius 3 is 3.00 bits per heavy atom. The summed E-state index contributed by atoms with van der Waals surface area (Å²) in [6.07, 6.45) is 1.59. The Kier molecular flexibility index (Phi) is 3.17. The van der Waals surface area contributed by atoms with E-state index in [2.05, 4.69) is 20.2 Å². The first kappa shape index (κ1) is 13.3. The van der Waals surface area contributed by atoms with Crippen molar-refractivity contribution < 1.29 is 18.5 Å². The van der Waals surface area contributed by atoms with Crippen molar-refractivity contribution in [2.75, 3.05) is 5.32 Å². The first-order valence-corrected chi connectivity index (χ1v) is 6.30. The number of halogens is 1. The van der Waals surface area contributed by atoms with Gasteiger partial charge in [-0.25, -0.2) is 4.39 Å². The maximum Gasteiger partial charge on any atom is 0.272 e. The molecule has 1 atom stereocenters. The summed E-state index contributed by atoms with van der Waals surface area (Å²) >= 11 is 0. The Bertz CT molecular complexity index is 699. The molecule has 0 radical (unpaired) electrons. The van der Waals surface area contributed by atoms with E-state index in [1.807, 2.05) is 0 Å². The number of carbonyl (C=O) groups is 1. The second-order valence-corrected chi connectivity index (χ2v) is 4.89. The molecule has 1 aliphatic heterocycles. The lowest BCUT2D eigenvalue weighted by atomic mass is 9.95. The number of carbonyl (C=O) groups excluding carboxylic acids is 1. The van der Waals surface area contributed by atoms with Crippen LogP contribution < -0.4 is 5.32 Å². The predicted molar refractivity (Wildman–Crippen MR) is 72.2 cm³/mol. The van der Waals surface area contributed by atoms with Crippen LogP contribution in [0.4, 0.5) is 10.2 Å². The van der Waals surface area contributed by atoms with Crippen LogP contribution >= 0.6 is 0 Å². The third kappa shape index (κ3) is 2.62. The lowest BCUT2D eigenvalue weighted by Gasteiger charge is -2.19. The van der Waals surface area contributed by atoms with Crippen molar-refractivity contribution in [3.8, 4) is 0 Å². The zero-order chi connectivity index (χ0) is 14.9. The number of anilines is 1. The number of nitrogens with one attached hydrogen (secondary N) is 1. The minimum absolute atomic E-state index is 0.236. The number of amides is 1. The quantitative estimate of drug-likeness (QED) is 0.940. The fraction of sp³-hybridized carbons (Fsp3) is 0.214. The van der Waals surface area contributed by atoms with Gasteiger partial charge in [-0.05, 0) is 19.1 Å². The van der Waals surface area contributed by atoms with Crippen molar-refractivity contribution in [2.24, 2.45) is 5.16 Å². The molecule has 0 aliphatic carbocycles. The third-order valence-corrected chi connectivity index (χ3v) is 3.18. The second-order valence-electron chi connectivity index (χ2n) is 4.89. The molecule has 0 fully saturated rings. The normalized spacial score (nSPS) is 20.8. The smallest absolute Gasteiger partial charge is 0.272 e. The molecule has 0 spiro atoms. The molecule has 3 rings (SSSR count). The molecule has 2 heterocycles. The Morgan fingerprint density at radius 2 is 2.29 bits per heavy atom. The Balaban J connectivity index is 1.73. The fourth-order valence-electron chi connectivity index (χ4n) is 2.01. The highest BCUT2D eigenvalue weighted by atomic mass is 19.1. The van der Waals surface area contributed by atoms with E-state index in [-0.39, 0.29) is 12.2 Å². The van der Waals surface area contributed by atoms with Gasteiger partial charge in [-0.3, -0.25) is 4.79 Å². The lowest BCUT2D eigenvalue weighted by Crippen LogP contribution is -2.40. The molecule has 21 heavy (non-hydrogen) atoms. The summed E-state index contributed by atoms with van der Waals surface area (Å²) in [4.78, 5) is 17.5. The van der Waals surface area contributed by atoms with Crippen molar-refractivity contribution >= 4 is 17.4 Å². The van der Waals surface area contributed by atoms with Gasteiger partial charge in [0.1, 0.15) is 12.1 Å². The van der Waals surface area contributed by atoms with E-state index < -0.39 is 11.5 Å². The van der Waals surface area contributed by atoms with Crippen LogP contribution in [0.1, 0.15) is 18.9 Å². The number of rotatable bonds is 3. The maximum absolute atomic E-state index is 13.2. The highest BCUT2D eigenvalue weighted by molar-refractivity contribution is 6.07. The molecular weight excluding hydrogens is 277 g/mol. The Labute approximate surface area is 119 Å². The van der Waals surface area contributed by atoms with Gasteiger partial charge in [-0.2, -0.15) is 0 Å². The fourth-order valence-corrected chi connectivity index (χ4v) is 2.01. The first-order chi connectivity index (χ1) is 10.1. The van der Waals surface area contributed by atoms with E-state index in [1.165, 1.54) is 24.5 Å². The highest BCUT2D eigenvalue weighted by Crippen LogP contribution is 2.28. The third-order valence-electron chi connectivity index (χ3n) is 3.18. The van der Waals surface area contributed by atoms with Gasteiger partial charge in [0.15, 0.2) is 5.82 Å². The molecule has 0 saturated carbocycles. The number of hydrogen-bond donors (Lipinski definition) is 1. The van der Waals surface area contributed by atoms with Gasteiger partial charge in [0.25, 0.3) is 5.91 Å². The van der Waals surface area contributed by atoms with Crippen LogP contribution in [0.3, 0.4) is 0 Å². The molecule has 1 N–H and O–H groups in total. The lowest BCUT2D eigenvalue weighted by molar-refractivity contribution is -0.136. The van der Waals surface area contributed by atoms with Gasteiger partial charge >= 0.3 is 0 Å². The Hall–Kier alpha value is -2.70. The number of hydrogen-bond acceptors (Lipinski definition) is 5. The summed E-state index contributed by atoms with van der Waals surface area (Å²) in [5.74, 6) is -0.466. The van der Waals surface area contributed by atoms with Crippen LogP contribution in [-0.2, 0) is 9.63 Å². The Morgan fingerprint density at radius 1 is 1.43 bits per heavy atom. The average molecular weight is 289 g/mol. The maximum atomic E-state index is 13.2. The summed E-state index contributed by atoms with van der Waals surface area (Å²) in [7, 11) is 0. The van der Waals surface area contributed by atoms with Gasteiger partial charge in [-0.15, -0.1) is 0 Å². The average Bonchev–Trinajstić information content (AvgIpc) is 3.09. The molecule has 6 nitrogen and oxygen atoms in total. The van der Waals surface area contributed by atoms with Crippen molar-refractivity contribution in [3.63, 3.8) is 0 Å². The monoisotopic (exact) mass is 289 g/mol. The SMILES string of the molecule is C[C@@]1(C(=O)Nc2ccon2)CC(c2cccc(F)c2)=NO1. The van der Waals surface area contributed by atoms with Crippen LogP contribution in [0.25, 0.3) is 0 Å². The van der Waals surface area contributed by atoms with Gasteiger partial charge in [0.2, 0.25) is 5.60 Å². The van der Waals surface area contributed by atoms with E-state index >= 15 is 0 Å². The predicted octanol–water partition coefficient (Wildman–Crippen LogP) is 2.34. The van der Waals surface area contributed by atoms with E-state index in [0.29, 0.717) is 17.1 Å². The molecule has 1 aliphatic rings. The van der Waals surface area contributed by atoms with Crippen LogP contribution in [-0.4, -0.2) is 22.4 Å². The van der Waals surface area contributed by atoms with Gasteiger partial charge in [0.05, 0.1) is 5.71 Å². The molecule has 0 unspecified atom stereocenters. The van der Waals surface area contributed by atoms with Gasteiger partial charge < -0.3 is 14.7 Å². The molecular formula is C14H12FN3O3. The molecule has 0 saturated heterocycles. The first-order valence-electron chi connectivity index (χ1n) is 6.30. The van der Waals surface area contributed by atoms with Crippen molar-refractivity contribution in [2.45, 2.75) is 18.9 Å².